The molecule has 90 valence electrons. The number of H-pyrrole nitrogens is 1. The number of rotatable bonds is 1. The summed E-state index contributed by atoms with van der Waals surface area (Å²) in [5.74, 6) is 3.30. The average Bonchev–Trinajstić information content (AvgIpc) is 2.79. The average molecular weight is 243 g/mol. The second kappa shape index (κ2) is 4.63. The van der Waals surface area contributed by atoms with Crippen molar-refractivity contribution in [3.63, 3.8) is 0 Å². The van der Waals surface area contributed by atoms with Crippen molar-refractivity contribution in [3.8, 4) is 11.8 Å². The van der Waals surface area contributed by atoms with E-state index in [2.05, 4.69) is 21.6 Å². The molecule has 0 atom stereocenters. The molecule has 0 fully saturated rings. The molecule has 0 unspecified atom stereocenters. The lowest BCUT2D eigenvalue weighted by atomic mass is 10.1. The number of aromatic nitrogens is 1. The van der Waals surface area contributed by atoms with E-state index < -0.39 is 11.9 Å². The molecule has 1 aromatic carbocycles. The normalized spacial score (nSPS) is 9.61. The summed E-state index contributed by atoms with van der Waals surface area (Å²) in [5, 5.41) is 9.62. The van der Waals surface area contributed by atoms with E-state index in [4.69, 9.17) is 5.11 Å². The molecule has 5 nitrogen and oxygen atoms in total. The molecule has 2 aromatic rings. The number of carbonyl (C=O) groups is 2. The summed E-state index contributed by atoms with van der Waals surface area (Å²) in [6.07, 6.45) is 0. The molecule has 0 aliphatic heterocycles. The number of ether oxygens (including phenoxy) is 1. The summed E-state index contributed by atoms with van der Waals surface area (Å²) in [4.78, 5) is 24.4. The van der Waals surface area contributed by atoms with Gasteiger partial charge >= 0.3 is 11.9 Å². The Bertz CT molecular complexity index is 688. The first-order valence-electron chi connectivity index (χ1n) is 5.06. The molecule has 0 amide bonds. The zero-order chi connectivity index (χ0) is 13.1. The number of aromatic carboxylic acids is 1. The minimum atomic E-state index is -1.02. The van der Waals surface area contributed by atoms with Gasteiger partial charge in [0.15, 0.2) is 0 Å². The van der Waals surface area contributed by atoms with E-state index in [0.717, 1.165) is 5.39 Å². The highest BCUT2D eigenvalue weighted by molar-refractivity contribution is 5.94. The number of hydrogen-bond acceptors (Lipinski definition) is 3. The SMILES string of the molecule is COC(=O)C#Cc1ccc2cc(C(=O)O)[nH]c2c1. The third kappa shape index (κ3) is 2.33. The number of carboxylic acids is 1. The van der Waals surface area contributed by atoms with Gasteiger partial charge in [0.05, 0.1) is 7.11 Å². The summed E-state index contributed by atoms with van der Waals surface area (Å²) in [6.45, 7) is 0. The second-order valence-corrected chi connectivity index (χ2v) is 3.53. The topological polar surface area (TPSA) is 79.4 Å². The van der Waals surface area contributed by atoms with Crippen LogP contribution in [-0.4, -0.2) is 29.1 Å². The third-order valence-corrected chi connectivity index (χ3v) is 2.35. The lowest BCUT2D eigenvalue weighted by Crippen LogP contribution is -1.95. The number of carboxylic acid groups (broad SMARTS) is 1. The van der Waals surface area contributed by atoms with Crippen molar-refractivity contribution in [2.45, 2.75) is 0 Å². The highest BCUT2D eigenvalue weighted by Gasteiger charge is 2.07. The van der Waals surface area contributed by atoms with Gasteiger partial charge in [-0.05, 0) is 18.2 Å². The molecule has 0 aliphatic carbocycles. The molecule has 0 spiro atoms. The van der Waals surface area contributed by atoms with Crippen LogP contribution >= 0.6 is 0 Å². The summed E-state index contributed by atoms with van der Waals surface area (Å²) >= 11 is 0. The Balaban J connectivity index is 2.40. The van der Waals surface area contributed by atoms with E-state index in [1.165, 1.54) is 13.2 Å². The Labute approximate surface area is 102 Å². The molecular weight excluding hydrogens is 234 g/mol. The van der Waals surface area contributed by atoms with Gasteiger partial charge in [0.2, 0.25) is 0 Å². The predicted molar refractivity (Wildman–Crippen MR) is 64.2 cm³/mol. The van der Waals surface area contributed by atoms with E-state index >= 15 is 0 Å². The molecule has 0 saturated heterocycles. The van der Waals surface area contributed by atoms with Gasteiger partial charge in [0.25, 0.3) is 0 Å². The van der Waals surface area contributed by atoms with Crippen molar-refractivity contribution in [3.05, 3.63) is 35.5 Å². The molecule has 0 saturated carbocycles. The zero-order valence-corrected chi connectivity index (χ0v) is 9.48. The molecule has 18 heavy (non-hydrogen) atoms. The van der Waals surface area contributed by atoms with E-state index in [1.54, 1.807) is 18.2 Å². The quantitative estimate of drug-likeness (QED) is 0.586. The van der Waals surface area contributed by atoms with Crippen molar-refractivity contribution in [2.75, 3.05) is 7.11 Å². The lowest BCUT2D eigenvalue weighted by Gasteiger charge is -1.91. The smallest absolute Gasteiger partial charge is 0.384 e. The third-order valence-electron chi connectivity index (χ3n) is 2.35. The number of fused-ring (bicyclic) bond motifs is 1. The number of esters is 1. The summed E-state index contributed by atoms with van der Waals surface area (Å²) in [7, 11) is 1.25. The molecule has 0 bridgehead atoms. The van der Waals surface area contributed by atoms with Gasteiger partial charge in [0.1, 0.15) is 5.69 Å². The number of hydrogen-bond donors (Lipinski definition) is 2. The number of carbonyl (C=O) groups excluding carboxylic acids is 1. The van der Waals surface area contributed by atoms with Crippen molar-refractivity contribution < 1.29 is 19.4 Å². The predicted octanol–water partition coefficient (Wildman–Crippen LogP) is 1.39. The highest BCUT2D eigenvalue weighted by atomic mass is 16.5. The van der Waals surface area contributed by atoms with Crippen LogP contribution in [-0.2, 0) is 9.53 Å². The van der Waals surface area contributed by atoms with Crippen LogP contribution in [0, 0.1) is 11.8 Å². The van der Waals surface area contributed by atoms with Crippen molar-refractivity contribution >= 4 is 22.8 Å². The minimum absolute atomic E-state index is 0.114. The van der Waals surface area contributed by atoms with Crippen LogP contribution in [0.4, 0.5) is 0 Å². The number of methoxy groups -OCH3 is 1. The molecule has 2 N–H and O–H groups in total. The van der Waals surface area contributed by atoms with E-state index in [9.17, 15) is 9.59 Å². The van der Waals surface area contributed by atoms with E-state index in [0.29, 0.717) is 11.1 Å². The molecule has 1 aromatic heterocycles. The highest BCUT2D eigenvalue weighted by Crippen LogP contribution is 2.16. The fourth-order valence-corrected chi connectivity index (χ4v) is 1.49. The molecule has 1 heterocycles. The van der Waals surface area contributed by atoms with E-state index in [-0.39, 0.29) is 5.69 Å². The standard InChI is InChI=1S/C13H9NO4/c1-18-12(15)5-3-8-2-4-9-7-11(13(16)17)14-10(9)6-8/h2,4,6-7,14H,1H3,(H,16,17). The number of aromatic amines is 1. The van der Waals surface area contributed by atoms with Crippen LogP contribution < -0.4 is 0 Å². The van der Waals surface area contributed by atoms with Gasteiger partial charge in [0, 0.05) is 22.4 Å². The minimum Gasteiger partial charge on any atom is -0.477 e. The zero-order valence-electron chi connectivity index (χ0n) is 9.48. The summed E-state index contributed by atoms with van der Waals surface area (Å²) < 4.78 is 4.40. The summed E-state index contributed by atoms with van der Waals surface area (Å²) in [5.41, 5.74) is 1.37. The fraction of sp³-hybridized carbons (Fsp3) is 0.0769. The molecular formula is C13H9NO4. The van der Waals surface area contributed by atoms with Gasteiger partial charge in [-0.25, -0.2) is 9.59 Å². The van der Waals surface area contributed by atoms with Crippen LogP contribution in [0.15, 0.2) is 24.3 Å². The molecule has 2 rings (SSSR count). The largest absolute Gasteiger partial charge is 0.477 e. The first-order chi connectivity index (χ1) is 8.60. The van der Waals surface area contributed by atoms with Crippen molar-refractivity contribution in [1.82, 2.24) is 4.98 Å². The Morgan fingerprint density at radius 3 is 2.78 bits per heavy atom. The lowest BCUT2D eigenvalue weighted by molar-refractivity contribution is -0.133. The second-order valence-electron chi connectivity index (χ2n) is 3.53. The maximum atomic E-state index is 10.9. The van der Waals surface area contributed by atoms with Gasteiger partial charge in [-0.1, -0.05) is 12.0 Å². The van der Waals surface area contributed by atoms with Gasteiger partial charge in [-0.15, -0.1) is 0 Å². The van der Waals surface area contributed by atoms with Crippen LogP contribution in [0.25, 0.3) is 10.9 Å². The first-order valence-corrected chi connectivity index (χ1v) is 5.06. The number of benzene rings is 1. The Kier molecular flexibility index (Phi) is 3.02. The van der Waals surface area contributed by atoms with Crippen LogP contribution in [0.2, 0.25) is 0 Å². The monoisotopic (exact) mass is 243 g/mol. The van der Waals surface area contributed by atoms with Crippen LogP contribution in [0.5, 0.6) is 0 Å². The Hall–Kier alpha value is -2.74. The molecule has 0 aliphatic rings. The van der Waals surface area contributed by atoms with Crippen LogP contribution in [0.3, 0.4) is 0 Å². The van der Waals surface area contributed by atoms with Gasteiger partial charge in [-0.2, -0.15) is 0 Å². The maximum Gasteiger partial charge on any atom is 0.384 e. The molecule has 5 heteroatoms. The van der Waals surface area contributed by atoms with Crippen LogP contribution in [0.1, 0.15) is 16.1 Å². The van der Waals surface area contributed by atoms with Gasteiger partial charge in [-0.3, -0.25) is 0 Å². The number of nitrogens with one attached hydrogen (secondary N) is 1. The molecule has 0 radical (unpaired) electrons. The van der Waals surface area contributed by atoms with E-state index in [1.807, 2.05) is 0 Å². The summed E-state index contributed by atoms with van der Waals surface area (Å²) in [6, 6.07) is 6.66. The fourth-order valence-electron chi connectivity index (χ4n) is 1.49. The maximum absolute atomic E-state index is 10.9. The van der Waals surface area contributed by atoms with Gasteiger partial charge < -0.3 is 14.8 Å². The Morgan fingerprint density at radius 2 is 2.11 bits per heavy atom. The Morgan fingerprint density at radius 1 is 1.33 bits per heavy atom. The van der Waals surface area contributed by atoms with Crippen molar-refractivity contribution in [2.24, 2.45) is 0 Å². The first kappa shape index (κ1) is 11.7. The van der Waals surface area contributed by atoms with Crippen molar-refractivity contribution in [1.29, 1.82) is 0 Å².